The lowest BCUT2D eigenvalue weighted by Crippen LogP contribution is -2.59. The van der Waals surface area contributed by atoms with E-state index in [9.17, 15) is 19.2 Å². The van der Waals surface area contributed by atoms with Crippen LogP contribution < -0.4 is 10.6 Å². The number of nitrogens with zero attached hydrogens (tertiary/aromatic N) is 1. The van der Waals surface area contributed by atoms with Crippen LogP contribution in [0.3, 0.4) is 0 Å². The first kappa shape index (κ1) is 26.7. The standard InChI is InChI=1S/C27H39N3O5/c1-26(2,3)22(24(33)35-27(4,5)6)29-25(34)28-21(23(32)30-13-9-12-20(30)16-31)19-14-17-10-7-8-11-18(17)15-19/h7-8,10-11,16,19-22H,9,12-15H2,1-6H3,(H2,28,29,34)/t20?,21?,22-/m1/s1. The third kappa shape index (κ3) is 6.61. The van der Waals surface area contributed by atoms with Gasteiger partial charge in [-0.15, -0.1) is 0 Å². The summed E-state index contributed by atoms with van der Waals surface area (Å²) in [6, 6.07) is 5.22. The zero-order chi connectivity index (χ0) is 26.0. The number of hydrogen-bond donors (Lipinski definition) is 2. The number of amides is 3. The van der Waals surface area contributed by atoms with E-state index < -0.39 is 41.1 Å². The van der Waals surface area contributed by atoms with Crippen molar-refractivity contribution < 1.29 is 23.9 Å². The summed E-state index contributed by atoms with van der Waals surface area (Å²) in [5.74, 6) is -0.929. The maximum Gasteiger partial charge on any atom is 0.329 e. The Balaban J connectivity index is 1.81. The molecule has 192 valence electrons. The van der Waals surface area contributed by atoms with Crippen LogP contribution in [0.15, 0.2) is 24.3 Å². The first-order valence-electron chi connectivity index (χ1n) is 12.4. The van der Waals surface area contributed by atoms with E-state index in [0.717, 1.165) is 23.8 Å². The molecule has 3 amide bonds. The lowest BCUT2D eigenvalue weighted by atomic mass is 9.86. The predicted octanol–water partition coefficient (Wildman–Crippen LogP) is 3.02. The van der Waals surface area contributed by atoms with Crippen molar-refractivity contribution in [3.63, 3.8) is 0 Å². The summed E-state index contributed by atoms with van der Waals surface area (Å²) in [5.41, 5.74) is 1.01. The van der Waals surface area contributed by atoms with Gasteiger partial charge >= 0.3 is 12.0 Å². The van der Waals surface area contributed by atoms with E-state index in [1.165, 1.54) is 0 Å². The first-order chi connectivity index (χ1) is 16.3. The van der Waals surface area contributed by atoms with E-state index in [2.05, 4.69) is 10.6 Å². The molecule has 1 heterocycles. The second kappa shape index (κ2) is 10.4. The average Bonchev–Trinajstić information content (AvgIpc) is 3.39. The average molecular weight is 486 g/mol. The van der Waals surface area contributed by atoms with Gasteiger partial charge in [0, 0.05) is 6.54 Å². The molecular formula is C27H39N3O5. The lowest BCUT2D eigenvalue weighted by molar-refractivity contribution is -0.160. The Morgan fingerprint density at radius 3 is 2.14 bits per heavy atom. The van der Waals surface area contributed by atoms with Gasteiger partial charge in [0.25, 0.3) is 0 Å². The summed E-state index contributed by atoms with van der Waals surface area (Å²) in [4.78, 5) is 52.9. The molecule has 0 spiro atoms. The van der Waals surface area contributed by atoms with Crippen LogP contribution in [0.2, 0.25) is 0 Å². The van der Waals surface area contributed by atoms with Gasteiger partial charge in [-0.05, 0) is 68.9 Å². The van der Waals surface area contributed by atoms with Crippen molar-refractivity contribution >= 4 is 24.2 Å². The molecule has 1 aromatic carbocycles. The van der Waals surface area contributed by atoms with Crippen LogP contribution in [0, 0.1) is 11.3 Å². The van der Waals surface area contributed by atoms with Crippen molar-refractivity contribution in [1.29, 1.82) is 0 Å². The number of urea groups is 1. The highest BCUT2D eigenvalue weighted by Crippen LogP contribution is 2.31. The Kier molecular flexibility index (Phi) is 7.92. The Bertz CT molecular complexity index is 937. The van der Waals surface area contributed by atoms with Gasteiger partial charge in [0.1, 0.15) is 24.0 Å². The van der Waals surface area contributed by atoms with Crippen LogP contribution in [-0.2, 0) is 32.0 Å². The Hall–Kier alpha value is -2.90. The molecule has 1 saturated heterocycles. The minimum absolute atomic E-state index is 0.145. The van der Waals surface area contributed by atoms with Crippen molar-refractivity contribution in [2.75, 3.05) is 6.54 Å². The predicted molar refractivity (Wildman–Crippen MR) is 133 cm³/mol. The van der Waals surface area contributed by atoms with Crippen LogP contribution in [0.1, 0.15) is 65.5 Å². The highest BCUT2D eigenvalue weighted by Gasteiger charge is 2.41. The van der Waals surface area contributed by atoms with Crippen LogP contribution in [-0.4, -0.2) is 59.4 Å². The fraction of sp³-hybridized carbons (Fsp3) is 0.630. The zero-order valence-electron chi connectivity index (χ0n) is 21.7. The number of fused-ring (bicyclic) bond motifs is 1. The number of aldehydes is 1. The van der Waals surface area contributed by atoms with E-state index >= 15 is 0 Å². The SMILES string of the molecule is CC(C)(C)OC(=O)[C@@H](NC(=O)NC(C(=O)N1CCCC1C=O)C1Cc2ccccc2C1)C(C)(C)C. The van der Waals surface area contributed by atoms with Crippen molar-refractivity contribution in [3.05, 3.63) is 35.4 Å². The second-order valence-electron chi connectivity index (χ2n) is 11.7. The molecule has 3 atom stereocenters. The number of hydrogen-bond acceptors (Lipinski definition) is 5. The molecule has 8 heteroatoms. The van der Waals surface area contributed by atoms with E-state index in [4.69, 9.17) is 4.74 Å². The van der Waals surface area contributed by atoms with Crippen LogP contribution >= 0.6 is 0 Å². The molecule has 8 nitrogen and oxygen atoms in total. The number of carbonyl (C=O) groups is 4. The molecule has 1 aliphatic carbocycles. The molecule has 2 N–H and O–H groups in total. The molecule has 0 aromatic heterocycles. The van der Waals surface area contributed by atoms with Crippen molar-refractivity contribution in [2.24, 2.45) is 11.3 Å². The monoisotopic (exact) mass is 485 g/mol. The second-order valence-corrected chi connectivity index (χ2v) is 11.7. The zero-order valence-corrected chi connectivity index (χ0v) is 21.7. The topological polar surface area (TPSA) is 105 Å². The van der Waals surface area contributed by atoms with Crippen LogP contribution in [0.25, 0.3) is 0 Å². The van der Waals surface area contributed by atoms with Gasteiger partial charge < -0.3 is 25.1 Å². The summed E-state index contributed by atoms with van der Waals surface area (Å²) in [6.45, 7) is 11.3. The lowest BCUT2D eigenvalue weighted by Gasteiger charge is -2.34. The first-order valence-corrected chi connectivity index (χ1v) is 12.4. The highest BCUT2D eigenvalue weighted by atomic mass is 16.6. The number of esters is 1. The molecular weight excluding hydrogens is 446 g/mol. The quantitative estimate of drug-likeness (QED) is 0.476. The maximum atomic E-state index is 13.6. The van der Waals surface area contributed by atoms with Crippen molar-refractivity contribution in [1.82, 2.24) is 15.5 Å². The molecule has 1 aliphatic heterocycles. The third-order valence-corrected chi connectivity index (χ3v) is 6.63. The number of carbonyl (C=O) groups excluding carboxylic acids is 4. The summed E-state index contributed by atoms with van der Waals surface area (Å²) in [5, 5.41) is 5.63. The molecule has 2 unspecified atom stereocenters. The van der Waals surface area contributed by atoms with Crippen LogP contribution in [0.5, 0.6) is 0 Å². The largest absolute Gasteiger partial charge is 0.458 e. The Morgan fingerprint density at radius 1 is 1.03 bits per heavy atom. The number of ether oxygens (including phenoxy) is 1. The summed E-state index contributed by atoms with van der Waals surface area (Å²) in [6.07, 6.45) is 3.50. The molecule has 1 fully saturated rings. The van der Waals surface area contributed by atoms with Crippen LogP contribution in [0.4, 0.5) is 4.79 Å². The summed E-state index contributed by atoms with van der Waals surface area (Å²) >= 11 is 0. The van der Waals surface area contributed by atoms with Gasteiger partial charge in [0.15, 0.2) is 0 Å². The molecule has 1 aromatic rings. The third-order valence-electron chi connectivity index (χ3n) is 6.63. The van der Waals surface area contributed by atoms with Gasteiger partial charge in [0.05, 0.1) is 6.04 Å². The molecule has 0 saturated carbocycles. The van der Waals surface area contributed by atoms with E-state index in [0.29, 0.717) is 25.8 Å². The minimum atomic E-state index is -0.909. The molecule has 2 aliphatic rings. The number of benzene rings is 1. The number of nitrogens with one attached hydrogen (secondary N) is 2. The van der Waals surface area contributed by atoms with Crippen molar-refractivity contribution in [2.45, 2.75) is 91.0 Å². The molecule has 0 radical (unpaired) electrons. The number of likely N-dealkylation sites (tertiary alicyclic amines) is 1. The highest BCUT2D eigenvalue weighted by molar-refractivity contribution is 5.91. The van der Waals surface area contributed by atoms with Gasteiger partial charge in [-0.3, -0.25) is 4.79 Å². The fourth-order valence-electron chi connectivity index (χ4n) is 4.90. The maximum absolute atomic E-state index is 13.6. The molecule has 3 rings (SSSR count). The van der Waals surface area contributed by atoms with Gasteiger partial charge in [0.2, 0.25) is 5.91 Å². The molecule has 35 heavy (non-hydrogen) atoms. The van der Waals surface area contributed by atoms with Gasteiger partial charge in [-0.1, -0.05) is 45.0 Å². The van der Waals surface area contributed by atoms with E-state index in [-0.39, 0.29) is 11.8 Å². The molecule has 0 bridgehead atoms. The van der Waals surface area contributed by atoms with Gasteiger partial charge in [-0.25, -0.2) is 9.59 Å². The van der Waals surface area contributed by atoms with Crippen molar-refractivity contribution in [3.8, 4) is 0 Å². The fourth-order valence-corrected chi connectivity index (χ4v) is 4.90. The normalized spacial score (nSPS) is 20.1. The Labute approximate surface area is 208 Å². The van der Waals surface area contributed by atoms with Gasteiger partial charge in [-0.2, -0.15) is 0 Å². The Morgan fingerprint density at radius 2 is 1.63 bits per heavy atom. The summed E-state index contributed by atoms with van der Waals surface area (Å²) < 4.78 is 5.54. The van der Waals surface area contributed by atoms with E-state index in [1.54, 1.807) is 25.7 Å². The number of rotatable bonds is 6. The summed E-state index contributed by atoms with van der Waals surface area (Å²) in [7, 11) is 0. The van der Waals surface area contributed by atoms with E-state index in [1.807, 2.05) is 45.0 Å². The minimum Gasteiger partial charge on any atom is -0.458 e. The smallest absolute Gasteiger partial charge is 0.329 e.